The number of hydrogen-bond donors (Lipinski definition) is 2. The van der Waals surface area contributed by atoms with Crippen LogP contribution >= 0.6 is 0 Å². The maximum atomic E-state index is 4.56. The van der Waals surface area contributed by atoms with Crippen molar-refractivity contribution in [2.45, 2.75) is 37.8 Å². The van der Waals surface area contributed by atoms with E-state index in [0.29, 0.717) is 39.3 Å². The second-order valence-electron chi connectivity index (χ2n) is 4.00. The molecule has 2 aliphatic rings. The Hall–Kier alpha value is 0.299. The molecule has 1 aromatic heterocycles. The first kappa shape index (κ1) is 9.52. The van der Waals surface area contributed by atoms with Crippen LogP contribution in [-0.2, 0) is 0 Å². The van der Waals surface area contributed by atoms with Crippen molar-refractivity contribution in [1.29, 1.82) is 0 Å². The number of nitrogens with one attached hydrogen (secondary N) is 2. The van der Waals surface area contributed by atoms with Gasteiger partial charge in [-0.25, -0.2) is 0 Å². The molecule has 0 bridgehead atoms. The zero-order valence-electron chi connectivity index (χ0n) is 8.02. The average molecular weight is 322 g/mol. The van der Waals surface area contributed by atoms with E-state index >= 15 is 0 Å². The first-order valence-electron chi connectivity index (χ1n) is 4.78. The van der Waals surface area contributed by atoms with Gasteiger partial charge < -0.3 is 0 Å². The number of fused-ring (bicyclic) bond motifs is 2. The fourth-order valence-corrected chi connectivity index (χ4v) is 6.05. The van der Waals surface area contributed by atoms with E-state index in [1.165, 1.54) is 11.4 Å². The third-order valence-corrected chi connectivity index (χ3v) is 6.06. The van der Waals surface area contributed by atoms with Crippen molar-refractivity contribution in [2.24, 2.45) is 0 Å². The topological polar surface area (TPSA) is 49.8 Å². The molecular weight excluding hydrogens is 310 g/mol. The summed E-state index contributed by atoms with van der Waals surface area (Å²) < 4.78 is 16.3. The summed E-state index contributed by atoms with van der Waals surface area (Å²) in [4.78, 5) is 0. The first-order chi connectivity index (χ1) is 6.79. The minimum absolute atomic E-state index is 0.136. The van der Waals surface area contributed by atoms with Crippen LogP contribution in [-0.4, -0.2) is 50.4 Å². The van der Waals surface area contributed by atoms with E-state index in [0.717, 1.165) is 0 Å². The van der Waals surface area contributed by atoms with Gasteiger partial charge in [-0.15, -0.1) is 0 Å². The van der Waals surface area contributed by atoms with E-state index in [9.17, 15) is 0 Å². The molecule has 4 atom stereocenters. The van der Waals surface area contributed by atoms with Gasteiger partial charge in [-0.3, -0.25) is 0 Å². The summed E-state index contributed by atoms with van der Waals surface area (Å²) in [5.74, 6) is 1.08. The molecule has 3 rings (SSSR count). The van der Waals surface area contributed by atoms with Crippen molar-refractivity contribution in [3.8, 4) is 0 Å². The summed E-state index contributed by atoms with van der Waals surface area (Å²) in [6.07, 6.45) is 0. The van der Waals surface area contributed by atoms with Gasteiger partial charge in [0.25, 0.3) is 0 Å². The molecule has 1 saturated heterocycles. The van der Waals surface area contributed by atoms with Crippen LogP contribution in [0, 0.1) is 0 Å². The predicted octanol–water partition coefficient (Wildman–Crippen LogP) is -0.782. The van der Waals surface area contributed by atoms with Crippen LogP contribution in [0.3, 0.4) is 0 Å². The molecule has 2 heterocycles. The third kappa shape index (κ3) is 1.19. The molecule has 0 amide bonds. The Labute approximate surface area is 96.1 Å². The summed E-state index contributed by atoms with van der Waals surface area (Å²) in [6.45, 7) is 4.55. The van der Waals surface area contributed by atoms with Gasteiger partial charge in [0.05, 0.1) is 0 Å². The first-order valence-corrected chi connectivity index (χ1v) is 8.03. The molecule has 1 aliphatic carbocycles. The SMILES string of the molecule is CC1c2n[se]nc2C(C)C2N[Se]NC12. The van der Waals surface area contributed by atoms with Crippen LogP contribution in [0.4, 0.5) is 0 Å². The molecule has 4 unspecified atom stereocenters. The molecular formula is C8H12N4Se2. The minimum atomic E-state index is 0.136. The van der Waals surface area contributed by atoms with E-state index in [-0.39, 0.29) is 15.0 Å². The molecule has 4 nitrogen and oxygen atoms in total. The van der Waals surface area contributed by atoms with E-state index in [1.807, 2.05) is 0 Å². The number of nitrogens with zero attached hydrogens (tertiary/aromatic N) is 2. The fraction of sp³-hybridized carbons (Fsp3) is 0.750. The number of hydrogen-bond acceptors (Lipinski definition) is 4. The van der Waals surface area contributed by atoms with E-state index < -0.39 is 0 Å². The van der Waals surface area contributed by atoms with Crippen molar-refractivity contribution < 1.29 is 0 Å². The molecule has 0 aromatic carbocycles. The summed E-state index contributed by atoms with van der Waals surface area (Å²) in [7, 11) is 0. The predicted molar refractivity (Wildman–Crippen MR) is 55.4 cm³/mol. The monoisotopic (exact) mass is 324 g/mol. The fourth-order valence-electron chi connectivity index (χ4n) is 2.32. The van der Waals surface area contributed by atoms with Gasteiger partial charge in [0.1, 0.15) is 0 Å². The third-order valence-electron chi connectivity index (χ3n) is 3.26. The van der Waals surface area contributed by atoms with E-state index in [4.69, 9.17) is 0 Å². The molecule has 0 saturated carbocycles. The maximum absolute atomic E-state index is 4.56. The van der Waals surface area contributed by atoms with Crippen molar-refractivity contribution >= 4 is 30.4 Å². The zero-order valence-corrected chi connectivity index (χ0v) is 11.4. The van der Waals surface area contributed by atoms with Crippen LogP contribution in [0.2, 0.25) is 0 Å². The molecule has 2 N–H and O–H groups in total. The second-order valence-corrected chi connectivity index (χ2v) is 6.53. The Bertz CT molecular complexity index is 322. The van der Waals surface area contributed by atoms with E-state index in [2.05, 4.69) is 30.5 Å². The number of rotatable bonds is 0. The molecule has 0 spiro atoms. The van der Waals surface area contributed by atoms with Gasteiger partial charge in [0, 0.05) is 0 Å². The molecule has 1 fully saturated rings. The van der Waals surface area contributed by atoms with Gasteiger partial charge in [-0.1, -0.05) is 0 Å². The van der Waals surface area contributed by atoms with Gasteiger partial charge >= 0.3 is 96.1 Å². The second kappa shape index (κ2) is 3.41. The van der Waals surface area contributed by atoms with Gasteiger partial charge in [0.2, 0.25) is 0 Å². The molecule has 0 radical (unpaired) electrons. The van der Waals surface area contributed by atoms with Gasteiger partial charge in [0.15, 0.2) is 0 Å². The molecule has 14 heavy (non-hydrogen) atoms. The number of aromatic nitrogens is 2. The summed E-state index contributed by atoms with van der Waals surface area (Å²) in [5.41, 5.74) is 2.57. The molecule has 1 aromatic rings. The van der Waals surface area contributed by atoms with Crippen LogP contribution in [0.15, 0.2) is 0 Å². The average Bonchev–Trinajstić information content (AvgIpc) is 2.82. The van der Waals surface area contributed by atoms with Crippen LogP contribution in [0.5, 0.6) is 0 Å². The Balaban J connectivity index is 2.08. The Morgan fingerprint density at radius 2 is 1.50 bits per heavy atom. The Morgan fingerprint density at radius 1 is 1.00 bits per heavy atom. The van der Waals surface area contributed by atoms with Gasteiger partial charge in [-0.05, 0) is 0 Å². The Kier molecular flexibility index (Phi) is 2.32. The summed E-state index contributed by atoms with van der Waals surface area (Å²) in [6, 6.07) is 1.16. The molecule has 6 heteroatoms. The summed E-state index contributed by atoms with van der Waals surface area (Å²) in [5, 5.41) is 0. The zero-order chi connectivity index (χ0) is 9.71. The van der Waals surface area contributed by atoms with Crippen LogP contribution < -0.4 is 8.67 Å². The van der Waals surface area contributed by atoms with Crippen LogP contribution in [0.1, 0.15) is 37.1 Å². The van der Waals surface area contributed by atoms with Crippen molar-refractivity contribution in [2.75, 3.05) is 0 Å². The normalized spacial score (nSPS) is 40.7. The van der Waals surface area contributed by atoms with Crippen LogP contribution in [0.25, 0.3) is 0 Å². The summed E-state index contributed by atoms with van der Waals surface area (Å²) >= 11 is 0.541. The molecule has 76 valence electrons. The quantitative estimate of drug-likeness (QED) is 0.615. The van der Waals surface area contributed by atoms with Crippen molar-refractivity contribution in [3.63, 3.8) is 0 Å². The van der Waals surface area contributed by atoms with E-state index in [1.54, 1.807) is 0 Å². The van der Waals surface area contributed by atoms with Crippen molar-refractivity contribution in [3.05, 3.63) is 11.4 Å². The standard InChI is InChI=1S/C8H12N4Se2/c1-3-5-7(11-13-9-5)4(2)8-6(3)10-14-12-8/h3-5,7,9,11H,1-2H3. The Morgan fingerprint density at radius 3 is 2.00 bits per heavy atom. The molecule has 1 aliphatic heterocycles. The van der Waals surface area contributed by atoms with Gasteiger partial charge in [-0.2, -0.15) is 0 Å². The van der Waals surface area contributed by atoms with Crippen molar-refractivity contribution in [1.82, 2.24) is 16.6 Å².